The molecule has 0 radical (unpaired) electrons. The standard InChI is InChI=1S/C55H41N3/c1-3-38-17-10-11-24-46(38)54-37(2)16-14-26-47(54)39-28-31-45(32-29-39)58-52-27-13-12-25-48(52)49-35-43(30-33-53(49)58)42-22-15-23-44(34-42)55-56-50(40-18-6-4-7-19-40)36-51(57-55)41-20-8-5-9-21-41/h4-36H,3H2,1-2H3. The Kier molecular flexibility index (Phi) is 9.04. The van der Waals surface area contributed by atoms with E-state index < -0.39 is 0 Å². The van der Waals surface area contributed by atoms with Gasteiger partial charge in [-0.25, -0.2) is 9.97 Å². The summed E-state index contributed by atoms with van der Waals surface area (Å²) in [6.45, 7) is 4.46. The first-order valence-corrected chi connectivity index (χ1v) is 20.1. The maximum Gasteiger partial charge on any atom is 0.160 e. The molecular weight excluding hydrogens is 703 g/mol. The van der Waals surface area contributed by atoms with Gasteiger partial charge in [0.05, 0.1) is 22.4 Å². The van der Waals surface area contributed by atoms with Crippen LogP contribution >= 0.6 is 0 Å². The minimum Gasteiger partial charge on any atom is -0.309 e. The summed E-state index contributed by atoms with van der Waals surface area (Å²) in [4.78, 5) is 10.2. The van der Waals surface area contributed by atoms with Gasteiger partial charge in [-0.2, -0.15) is 0 Å². The molecule has 3 heteroatoms. The Morgan fingerprint density at radius 1 is 0.414 bits per heavy atom. The second-order valence-electron chi connectivity index (χ2n) is 14.9. The fraction of sp³-hybridized carbons (Fsp3) is 0.0545. The van der Waals surface area contributed by atoms with Crippen LogP contribution in [-0.4, -0.2) is 14.5 Å². The fourth-order valence-corrected chi connectivity index (χ4v) is 8.49. The summed E-state index contributed by atoms with van der Waals surface area (Å²) in [5.74, 6) is 0.704. The second kappa shape index (κ2) is 14.9. The van der Waals surface area contributed by atoms with Crippen LogP contribution in [0.2, 0.25) is 0 Å². The molecule has 0 amide bonds. The predicted octanol–water partition coefficient (Wildman–Crippen LogP) is 14.4. The van der Waals surface area contributed by atoms with Gasteiger partial charge < -0.3 is 4.57 Å². The van der Waals surface area contributed by atoms with Crippen molar-refractivity contribution in [2.24, 2.45) is 0 Å². The first-order valence-electron chi connectivity index (χ1n) is 20.1. The lowest BCUT2D eigenvalue weighted by atomic mass is 9.88. The number of rotatable bonds is 8. The summed E-state index contributed by atoms with van der Waals surface area (Å²) in [5.41, 5.74) is 18.4. The van der Waals surface area contributed by atoms with Crippen molar-refractivity contribution in [1.29, 1.82) is 0 Å². The van der Waals surface area contributed by atoms with Gasteiger partial charge in [0.2, 0.25) is 0 Å². The van der Waals surface area contributed by atoms with Crippen LogP contribution in [0.4, 0.5) is 0 Å². The SMILES string of the molecule is CCc1ccccc1-c1c(C)cccc1-c1ccc(-n2c3ccccc3c3cc(-c4cccc(-c5nc(-c6ccccc6)cc(-c6ccccc6)n5)c4)ccc32)cc1. The minimum absolute atomic E-state index is 0.704. The minimum atomic E-state index is 0.704. The largest absolute Gasteiger partial charge is 0.309 e. The monoisotopic (exact) mass is 743 g/mol. The van der Waals surface area contributed by atoms with Crippen molar-refractivity contribution < 1.29 is 0 Å². The van der Waals surface area contributed by atoms with E-state index in [1.807, 2.05) is 12.1 Å². The average molecular weight is 744 g/mol. The molecule has 0 fully saturated rings. The molecular formula is C55H41N3. The van der Waals surface area contributed by atoms with E-state index in [1.54, 1.807) is 0 Å². The molecule has 3 nitrogen and oxygen atoms in total. The third-order valence-electron chi connectivity index (χ3n) is 11.4. The van der Waals surface area contributed by atoms with Crippen molar-refractivity contribution in [2.45, 2.75) is 20.3 Å². The summed E-state index contributed by atoms with van der Waals surface area (Å²) >= 11 is 0. The van der Waals surface area contributed by atoms with Crippen LogP contribution in [0.5, 0.6) is 0 Å². The highest BCUT2D eigenvalue weighted by Gasteiger charge is 2.17. The van der Waals surface area contributed by atoms with Gasteiger partial charge in [0.15, 0.2) is 5.82 Å². The van der Waals surface area contributed by atoms with Crippen molar-refractivity contribution in [3.63, 3.8) is 0 Å². The average Bonchev–Trinajstić information content (AvgIpc) is 3.63. The first kappa shape index (κ1) is 35.1. The maximum atomic E-state index is 5.11. The number of hydrogen-bond donors (Lipinski definition) is 0. The summed E-state index contributed by atoms with van der Waals surface area (Å²) in [5, 5.41) is 2.44. The van der Waals surface area contributed by atoms with Crippen molar-refractivity contribution in [3.8, 4) is 73.0 Å². The highest BCUT2D eigenvalue weighted by molar-refractivity contribution is 6.10. The third-order valence-corrected chi connectivity index (χ3v) is 11.4. The van der Waals surface area contributed by atoms with Gasteiger partial charge in [-0.15, -0.1) is 0 Å². The molecule has 58 heavy (non-hydrogen) atoms. The number of aromatic nitrogens is 3. The predicted molar refractivity (Wildman–Crippen MR) is 243 cm³/mol. The molecule has 0 atom stereocenters. The normalized spacial score (nSPS) is 11.3. The molecule has 8 aromatic carbocycles. The Balaban J connectivity index is 1.04. The zero-order chi connectivity index (χ0) is 39.0. The molecule has 0 N–H and O–H groups in total. The first-order chi connectivity index (χ1) is 28.6. The Morgan fingerprint density at radius 2 is 0.983 bits per heavy atom. The fourth-order valence-electron chi connectivity index (χ4n) is 8.49. The van der Waals surface area contributed by atoms with E-state index >= 15 is 0 Å². The molecule has 0 spiro atoms. The maximum absolute atomic E-state index is 5.11. The van der Waals surface area contributed by atoms with Gasteiger partial charge in [0, 0.05) is 33.2 Å². The molecule has 0 aliphatic carbocycles. The summed E-state index contributed by atoms with van der Waals surface area (Å²) in [7, 11) is 0. The Hall–Kier alpha value is -7.36. The Bertz CT molecular complexity index is 3030. The lowest BCUT2D eigenvalue weighted by Crippen LogP contribution is -1.96. The van der Waals surface area contributed by atoms with E-state index in [0.717, 1.165) is 51.3 Å². The number of nitrogens with zero attached hydrogens (tertiary/aromatic N) is 3. The summed E-state index contributed by atoms with van der Waals surface area (Å²) in [6, 6.07) is 71.5. The molecule has 0 saturated heterocycles. The van der Waals surface area contributed by atoms with E-state index in [2.05, 4.69) is 206 Å². The van der Waals surface area contributed by atoms with E-state index in [-0.39, 0.29) is 0 Å². The van der Waals surface area contributed by atoms with Crippen LogP contribution in [0.1, 0.15) is 18.1 Å². The lowest BCUT2D eigenvalue weighted by molar-refractivity contribution is 1.14. The molecule has 10 aromatic rings. The van der Waals surface area contributed by atoms with Gasteiger partial charge in [0.25, 0.3) is 0 Å². The Morgan fingerprint density at radius 3 is 1.72 bits per heavy atom. The topological polar surface area (TPSA) is 30.7 Å². The Labute approximate surface area is 339 Å². The summed E-state index contributed by atoms with van der Waals surface area (Å²) in [6.07, 6.45) is 0.996. The second-order valence-corrected chi connectivity index (χ2v) is 14.9. The van der Waals surface area contributed by atoms with Crippen LogP contribution in [0.25, 0.3) is 94.8 Å². The smallest absolute Gasteiger partial charge is 0.160 e. The van der Waals surface area contributed by atoms with Crippen LogP contribution in [0.3, 0.4) is 0 Å². The van der Waals surface area contributed by atoms with Gasteiger partial charge in [-0.3, -0.25) is 0 Å². The van der Waals surface area contributed by atoms with Gasteiger partial charge in [-0.1, -0.05) is 165 Å². The highest BCUT2D eigenvalue weighted by atomic mass is 15.0. The number of hydrogen-bond acceptors (Lipinski definition) is 2. The molecule has 10 rings (SSSR count). The van der Waals surface area contributed by atoms with Crippen LogP contribution in [0, 0.1) is 6.92 Å². The van der Waals surface area contributed by atoms with Crippen molar-refractivity contribution >= 4 is 21.8 Å². The molecule has 2 heterocycles. The van der Waals surface area contributed by atoms with Crippen molar-refractivity contribution in [3.05, 3.63) is 211 Å². The van der Waals surface area contributed by atoms with E-state index in [4.69, 9.17) is 9.97 Å². The molecule has 0 aliphatic heterocycles. The zero-order valence-electron chi connectivity index (χ0n) is 32.6. The van der Waals surface area contributed by atoms with Crippen molar-refractivity contribution in [1.82, 2.24) is 14.5 Å². The number of aryl methyl sites for hydroxylation is 2. The lowest BCUT2D eigenvalue weighted by Gasteiger charge is -2.17. The number of fused-ring (bicyclic) bond motifs is 3. The van der Waals surface area contributed by atoms with Gasteiger partial charge in [0.1, 0.15) is 0 Å². The molecule has 0 saturated carbocycles. The molecule has 2 aromatic heterocycles. The van der Waals surface area contributed by atoms with E-state index in [0.29, 0.717) is 5.82 Å². The molecule has 276 valence electrons. The van der Waals surface area contributed by atoms with Crippen molar-refractivity contribution in [2.75, 3.05) is 0 Å². The number of para-hydroxylation sites is 1. The molecule has 0 bridgehead atoms. The highest BCUT2D eigenvalue weighted by Crippen LogP contribution is 2.39. The summed E-state index contributed by atoms with van der Waals surface area (Å²) < 4.78 is 2.40. The van der Waals surface area contributed by atoms with Crippen LogP contribution in [0.15, 0.2) is 200 Å². The quantitative estimate of drug-likeness (QED) is 0.155. The van der Waals surface area contributed by atoms with E-state index in [1.165, 1.54) is 55.2 Å². The zero-order valence-corrected chi connectivity index (χ0v) is 32.6. The van der Waals surface area contributed by atoms with E-state index in [9.17, 15) is 0 Å². The van der Waals surface area contributed by atoms with Gasteiger partial charge in [-0.05, 0) is 100 Å². The van der Waals surface area contributed by atoms with Gasteiger partial charge >= 0.3 is 0 Å². The van der Waals surface area contributed by atoms with Crippen LogP contribution in [-0.2, 0) is 6.42 Å². The molecule has 0 unspecified atom stereocenters. The third kappa shape index (κ3) is 6.37. The molecule has 0 aliphatic rings. The number of benzene rings is 8. The van der Waals surface area contributed by atoms with Crippen LogP contribution < -0.4 is 0 Å².